The molecule has 3 fully saturated rings. The fourth-order valence-corrected chi connectivity index (χ4v) is 8.71. The zero-order valence-corrected chi connectivity index (χ0v) is 28.8. The van der Waals surface area contributed by atoms with E-state index < -0.39 is 11.8 Å². The van der Waals surface area contributed by atoms with Crippen molar-refractivity contribution in [2.75, 3.05) is 42.6 Å². The summed E-state index contributed by atoms with van der Waals surface area (Å²) in [6.07, 6.45) is 6.89. The van der Waals surface area contributed by atoms with Gasteiger partial charge in [-0.25, -0.2) is 15.0 Å². The second-order valence-electron chi connectivity index (χ2n) is 13.4. The highest BCUT2D eigenvalue weighted by Crippen LogP contribution is 2.43. The summed E-state index contributed by atoms with van der Waals surface area (Å²) in [7, 11) is 0. The fourth-order valence-electron chi connectivity index (χ4n) is 7.70. The number of ether oxygens (including phenoxy) is 1. The molecule has 4 atom stereocenters. The molecule has 49 heavy (non-hydrogen) atoms. The minimum Gasteiger partial charge on any atom is -0.382 e. The first-order chi connectivity index (χ1) is 23.7. The Labute approximate surface area is 293 Å². The van der Waals surface area contributed by atoms with Crippen molar-refractivity contribution >= 4 is 58.8 Å². The molecule has 2 unspecified atom stereocenters. The Hall–Kier alpha value is -3.82. The lowest BCUT2D eigenvalue weighted by Gasteiger charge is -2.43. The number of piperidine rings is 2. The summed E-state index contributed by atoms with van der Waals surface area (Å²) in [5, 5.41) is 7.89. The minimum atomic E-state index is -0.452. The highest BCUT2D eigenvalue weighted by molar-refractivity contribution is 7.99. The zero-order valence-electron chi connectivity index (χ0n) is 27.2. The van der Waals surface area contributed by atoms with E-state index in [0.29, 0.717) is 61.2 Å². The van der Waals surface area contributed by atoms with Gasteiger partial charge in [-0.3, -0.25) is 14.4 Å². The number of carbonyl (C=O) groups excluding carboxylic acids is 3. The lowest BCUT2D eigenvalue weighted by Crippen LogP contribution is -2.52. The topological polar surface area (TPSA) is 182 Å². The minimum absolute atomic E-state index is 0.00958. The summed E-state index contributed by atoms with van der Waals surface area (Å²) >= 11 is 7.62. The number of nitrogen functional groups attached to an aromatic ring is 2. The van der Waals surface area contributed by atoms with Crippen molar-refractivity contribution < 1.29 is 19.1 Å². The Kier molecular flexibility index (Phi) is 9.50. The molecular weight excluding hydrogens is 666 g/mol. The van der Waals surface area contributed by atoms with Crippen LogP contribution in [-0.2, 0) is 27.4 Å². The second-order valence-corrected chi connectivity index (χ2v) is 14.8. The SMILES string of the molecule is C[C@@H]1OCC2(CCN(c3cnc(Sc4ccnc(N)c4Cl)c(N)n3)CC2)[C@@H]1NCc1ccc2c(c1)CN(C1CCC(C(=O)C=O)NC1)C2=O. The van der Waals surface area contributed by atoms with E-state index >= 15 is 0 Å². The molecule has 3 aromatic rings. The van der Waals surface area contributed by atoms with Gasteiger partial charge in [0, 0.05) is 66.9 Å². The maximum Gasteiger partial charge on any atom is 0.254 e. The molecule has 0 radical (unpaired) electrons. The van der Waals surface area contributed by atoms with Crippen LogP contribution in [-0.4, -0.2) is 88.3 Å². The predicted octanol–water partition coefficient (Wildman–Crippen LogP) is 2.85. The average molecular weight is 706 g/mol. The van der Waals surface area contributed by atoms with Crippen LogP contribution in [0, 0.1) is 5.41 Å². The van der Waals surface area contributed by atoms with Crippen LogP contribution in [0.15, 0.2) is 46.6 Å². The summed E-state index contributed by atoms with van der Waals surface area (Å²) in [5.41, 5.74) is 15.0. The Morgan fingerprint density at radius 2 is 2.02 bits per heavy atom. The summed E-state index contributed by atoms with van der Waals surface area (Å²) in [5.74, 6) is 0.926. The number of halogens is 1. The van der Waals surface area contributed by atoms with Gasteiger partial charge in [0.2, 0.25) is 5.78 Å². The van der Waals surface area contributed by atoms with Crippen LogP contribution >= 0.6 is 23.4 Å². The maximum atomic E-state index is 13.3. The van der Waals surface area contributed by atoms with Gasteiger partial charge in [-0.2, -0.15) is 0 Å². The molecule has 6 heterocycles. The van der Waals surface area contributed by atoms with E-state index in [1.54, 1.807) is 18.5 Å². The number of hydrogen-bond acceptors (Lipinski definition) is 13. The van der Waals surface area contributed by atoms with Crippen LogP contribution in [0.25, 0.3) is 0 Å². The third-order valence-corrected chi connectivity index (χ3v) is 12.1. The molecule has 3 saturated heterocycles. The Balaban J connectivity index is 0.953. The molecule has 4 aliphatic heterocycles. The summed E-state index contributed by atoms with van der Waals surface area (Å²) < 4.78 is 6.24. The number of fused-ring (bicyclic) bond motifs is 1. The van der Waals surface area contributed by atoms with Crippen molar-refractivity contribution in [1.82, 2.24) is 30.5 Å². The number of aromatic nitrogens is 3. The number of nitrogens with one attached hydrogen (secondary N) is 2. The van der Waals surface area contributed by atoms with E-state index in [9.17, 15) is 14.4 Å². The molecule has 2 aromatic heterocycles. The van der Waals surface area contributed by atoms with E-state index in [-0.39, 0.29) is 35.3 Å². The van der Waals surface area contributed by atoms with Crippen molar-refractivity contribution in [3.05, 3.63) is 58.4 Å². The standard InChI is InChI=1S/C34H40ClN9O4S/c1-19-29(40-13-20-2-4-23-21(12-20)16-44(33(23)47)22-3-5-24(39-14-22)25(46)17-45)34(18-48-19)7-10-43(11-8-34)27-15-41-32(31(37)42-27)49-26-6-9-38-30(36)28(26)35/h2,4,6,9,12,15,17,19,22,24,29,39-40H,3,5,7-8,10-11,13-14,16,18H2,1H3,(H2,36,38)(H2,37,42)/t19-,22?,24?,29+/m0/s1. The van der Waals surface area contributed by atoms with Gasteiger partial charge >= 0.3 is 0 Å². The molecule has 1 spiro atoms. The number of nitrogens with zero attached hydrogens (tertiary/aromatic N) is 5. The molecule has 0 saturated carbocycles. The smallest absolute Gasteiger partial charge is 0.254 e. The number of pyridine rings is 1. The van der Waals surface area contributed by atoms with Crippen LogP contribution in [0.1, 0.15) is 54.1 Å². The number of hydrogen-bond donors (Lipinski definition) is 4. The first kappa shape index (κ1) is 33.7. The summed E-state index contributed by atoms with van der Waals surface area (Å²) in [6.45, 7) is 6.15. The first-order valence-electron chi connectivity index (χ1n) is 16.6. The molecule has 0 bridgehead atoms. The summed E-state index contributed by atoms with van der Waals surface area (Å²) in [4.78, 5) is 54.0. The van der Waals surface area contributed by atoms with Crippen LogP contribution in [0.2, 0.25) is 5.02 Å². The van der Waals surface area contributed by atoms with Crippen LogP contribution in [0.5, 0.6) is 0 Å². The van der Waals surface area contributed by atoms with E-state index in [2.05, 4.69) is 43.5 Å². The predicted molar refractivity (Wildman–Crippen MR) is 186 cm³/mol. The number of nitrogens with two attached hydrogens (primary N) is 2. The van der Waals surface area contributed by atoms with Crippen LogP contribution in [0.4, 0.5) is 17.5 Å². The van der Waals surface area contributed by atoms with Gasteiger partial charge < -0.3 is 36.6 Å². The van der Waals surface area contributed by atoms with Crippen molar-refractivity contribution in [1.29, 1.82) is 0 Å². The van der Waals surface area contributed by atoms with E-state index in [0.717, 1.165) is 53.3 Å². The first-order valence-corrected chi connectivity index (χ1v) is 17.8. The highest BCUT2D eigenvalue weighted by atomic mass is 35.5. The summed E-state index contributed by atoms with van der Waals surface area (Å²) in [6, 6.07) is 7.58. The van der Waals surface area contributed by atoms with Gasteiger partial charge in [0.25, 0.3) is 5.91 Å². The number of benzene rings is 1. The number of ketones is 1. The molecule has 258 valence electrons. The van der Waals surface area contributed by atoms with E-state index in [1.807, 2.05) is 17.0 Å². The lowest BCUT2D eigenvalue weighted by molar-refractivity contribution is -0.131. The number of carbonyl (C=O) groups is 3. The van der Waals surface area contributed by atoms with Crippen molar-refractivity contribution in [2.24, 2.45) is 5.41 Å². The Morgan fingerprint density at radius 3 is 2.76 bits per heavy atom. The second kappa shape index (κ2) is 13.8. The van der Waals surface area contributed by atoms with Gasteiger partial charge in [-0.05, 0) is 55.9 Å². The number of amides is 1. The molecule has 4 aliphatic rings. The van der Waals surface area contributed by atoms with Crippen molar-refractivity contribution in [3.63, 3.8) is 0 Å². The molecule has 1 aromatic carbocycles. The zero-order chi connectivity index (χ0) is 34.3. The quantitative estimate of drug-likeness (QED) is 0.189. The Bertz CT molecular complexity index is 1760. The molecule has 7 rings (SSSR count). The third kappa shape index (κ3) is 6.59. The van der Waals surface area contributed by atoms with Crippen LogP contribution < -0.4 is 27.0 Å². The fraction of sp³-hybridized carbons (Fsp3) is 0.471. The van der Waals surface area contributed by atoms with Gasteiger partial charge in [-0.15, -0.1) is 0 Å². The highest BCUT2D eigenvalue weighted by Gasteiger charge is 2.49. The third-order valence-electron chi connectivity index (χ3n) is 10.5. The largest absolute Gasteiger partial charge is 0.382 e. The lowest BCUT2D eigenvalue weighted by atomic mass is 9.73. The van der Waals surface area contributed by atoms with E-state index in [1.165, 1.54) is 11.8 Å². The van der Waals surface area contributed by atoms with Gasteiger partial charge in [-0.1, -0.05) is 35.5 Å². The molecule has 15 heteroatoms. The van der Waals surface area contributed by atoms with E-state index in [4.69, 9.17) is 27.8 Å². The number of anilines is 3. The molecule has 6 N–H and O–H groups in total. The maximum absolute atomic E-state index is 13.3. The van der Waals surface area contributed by atoms with Gasteiger partial charge in [0.05, 0.1) is 30.0 Å². The number of rotatable bonds is 9. The normalized spacial score (nSPS) is 24.7. The number of aldehydes is 1. The molecule has 13 nitrogen and oxygen atoms in total. The van der Waals surface area contributed by atoms with Gasteiger partial charge in [0.15, 0.2) is 12.1 Å². The number of Topliss-reactive ketones (excluding diaryl/α,β-unsaturated/α-hetero) is 1. The molecule has 0 aliphatic carbocycles. The Morgan fingerprint density at radius 1 is 1.20 bits per heavy atom. The van der Waals surface area contributed by atoms with Gasteiger partial charge in [0.1, 0.15) is 16.7 Å². The monoisotopic (exact) mass is 705 g/mol. The van der Waals surface area contributed by atoms with Crippen molar-refractivity contribution in [2.45, 2.75) is 79.8 Å². The van der Waals surface area contributed by atoms with Crippen LogP contribution in [0.3, 0.4) is 0 Å². The molecular formula is C34H40ClN9O4S. The average Bonchev–Trinajstić information content (AvgIpc) is 3.61. The molecule has 1 amide bonds. The van der Waals surface area contributed by atoms with Crippen molar-refractivity contribution in [3.8, 4) is 0 Å².